The lowest BCUT2D eigenvalue weighted by molar-refractivity contribution is 0.415. The molecule has 1 fully saturated rings. The highest BCUT2D eigenvalue weighted by molar-refractivity contribution is 6.30. The van der Waals surface area contributed by atoms with Crippen LogP contribution in [0.25, 0.3) is 16.8 Å². The van der Waals surface area contributed by atoms with E-state index >= 15 is 0 Å². The molecule has 0 spiro atoms. The Labute approximate surface area is 180 Å². The maximum Gasteiger partial charge on any atom is 0.154 e. The van der Waals surface area contributed by atoms with Gasteiger partial charge in [0.2, 0.25) is 0 Å². The van der Waals surface area contributed by atoms with E-state index < -0.39 is 0 Å². The van der Waals surface area contributed by atoms with Crippen molar-refractivity contribution in [1.29, 1.82) is 0 Å². The van der Waals surface area contributed by atoms with E-state index in [1.54, 1.807) is 7.11 Å². The maximum absolute atomic E-state index is 6.02. The van der Waals surface area contributed by atoms with Crippen LogP contribution in [0, 0.1) is 0 Å². The third kappa shape index (κ3) is 3.55. The normalized spacial score (nSPS) is 14.3. The highest BCUT2D eigenvalue weighted by atomic mass is 35.5. The number of piperazine rings is 1. The summed E-state index contributed by atoms with van der Waals surface area (Å²) in [4.78, 5) is 9.41. The molecule has 0 saturated carbocycles. The largest absolute Gasteiger partial charge is 0.497 e. The zero-order valence-corrected chi connectivity index (χ0v) is 17.5. The quantitative estimate of drug-likeness (QED) is 0.491. The van der Waals surface area contributed by atoms with E-state index in [-0.39, 0.29) is 0 Å². The number of rotatable bonds is 4. The molecule has 0 bridgehead atoms. The Hall–Kier alpha value is -3.25. The van der Waals surface area contributed by atoms with Crippen molar-refractivity contribution in [3.05, 3.63) is 72.0 Å². The first-order valence-electron chi connectivity index (χ1n) is 9.95. The molecule has 4 aromatic rings. The van der Waals surface area contributed by atoms with Crippen molar-refractivity contribution in [2.75, 3.05) is 43.1 Å². The van der Waals surface area contributed by atoms with Gasteiger partial charge in [0.05, 0.1) is 12.8 Å². The lowest BCUT2D eigenvalue weighted by atomic mass is 10.1. The predicted molar refractivity (Wildman–Crippen MR) is 121 cm³/mol. The van der Waals surface area contributed by atoms with Crippen LogP contribution in [0.15, 0.2) is 67.0 Å². The Morgan fingerprint density at radius 2 is 1.60 bits per heavy atom. The van der Waals surface area contributed by atoms with Gasteiger partial charge in [-0.05, 0) is 42.5 Å². The number of hydrogen-bond acceptors (Lipinski definition) is 5. The van der Waals surface area contributed by atoms with E-state index in [0.29, 0.717) is 0 Å². The molecule has 2 aromatic carbocycles. The Bertz CT molecular complexity index is 1150. The molecule has 2 aromatic heterocycles. The van der Waals surface area contributed by atoms with Crippen molar-refractivity contribution in [3.63, 3.8) is 0 Å². The van der Waals surface area contributed by atoms with Crippen LogP contribution in [0.5, 0.6) is 5.75 Å². The zero-order chi connectivity index (χ0) is 20.5. The number of hydrogen-bond donors (Lipinski definition) is 0. The second-order valence-corrected chi connectivity index (χ2v) is 7.73. The van der Waals surface area contributed by atoms with Crippen LogP contribution in [-0.2, 0) is 0 Å². The molecule has 7 heteroatoms. The van der Waals surface area contributed by atoms with Gasteiger partial charge in [0, 0.05) is 54.8 Å². The topological polar surface area (TPSA) is 45.9 Å². The monoisotopic (exact) mass is 419 g/mol. The zero-order valence-electron chi connectivity index (χ0n) is 16.7. The Kier molecular flexibility index (Phi) is 4.93. The molecule has 5 rings (SSSR count). The van der Waals surface area contributed by atoms with Crippen LogP contribution in [0.3, 0.4) is 0 Å². The highest BCUT2D eigenvalue weighted by Gasteiger charge is 2.21. The first-order valence-corrected chi connectivity index (χ1v) is 10.3. The molecule has 1 aliphatic rings. The minimum atomic E-state index is 0.722. The van der Waals surface area contributed by atoms with Crippen LogP contribution in [0.2, 0.25) is 5.02 Å². The van der Waals surface area contributed by atoms with E-state index in [9.17, 15) is 0 Å². The maximum atomic E-state index is 6.02. The number of benzene rings is 2. The predicted octanol–water partition coefficient (Wildman–Crippen LogP) is 4.38. The summed E-state index contributed by atoms with van der Waals surface area (Å²) in [6.07, 6.45) is 3.71. The van der Waals surface area contributed by atoms with Gasteiger partial charge < -0.3 is 14.5 Å². The van der Waals surface area contributed by atoms with Crippen molar-refractivity contribution in [2.45, 2.75) is 0 Å². The minimum Gasteiger partial charge on any atom is -0.497 e. The lowest BCUT2D eigenvalue weighted by Gasteiger charge is -2.36. The number of ether oxygens (including phenoxy) is 1. The molecule has 0 N–H and O–H groups in total. The van der Waals surface area contributed by atoms with Gasteiger partial charge in [-0.15, -0.1) is 0 Å². The van der Waals surface area contributed by atoms with Gasteiger partial charge in [0.15, 0.2) is 5.82 Å². The highest BCUT2D eigenvalue weighted by Crippen LogP contribution is 2.27. The molecule has 0 unspecified atom stereocenters. The van der Waals surface area contributed by atoms with Gasteiger partial charge in [-0.3, -0.25) is 0 Å². The van der Waals surface area contributed by atoms with Crippen LogP contribution >= 0.6 is 11.6 Å². The molecular formula is C23H22ClN5O. The minimum absolute atomic E-state index is 0.722. The average Bonchev–Trinajstić information content (AvgIpc) is 3.24. The first-order chi connectivity index (χ1) is 14.7. The van der Waals surface area contributed by atoms with Gasteiger partial charge >= 0.3 is 0 Å². The summed E-state index contributed by atoms with van der Waals surface area (Å²) in [5.74, 6) is 1.85. The average molecular weight is 420 g/mol. The van der Waals surface area contributed by atoms with Gasteiger partial charge in [0.25, 0.3) is 0 Å². The second-order valence-electron chi connectivity index (χ2n) is 7.29. The van der Waals surface area contributed by atoms with Crippen LogP contribution in [0.1, 0.15) is 0 Å². The SMILES string of the molecule is COc1ccc(N2CCN(c3nccn4nc(-c5ccc(Cl)cc5)cc34)CC2)cc1. The molecular weight excluding hydrogens is 398 g/mol. The van der Waals surface area contributed by atoms with Gasteiger partial charge in [-0.2, -0.15) is 5.10 Å². The van der Waals surface area contributed by atoms with Gasteiger partial charge in [0.1, 0.15) is 11.3 Å². The summed E-state index contributed by atoms with van der Waals surface area (Å²) in [6.45, 7) is 3.68. The summed E-state index contributed by atoms with van der Waals surface area (Å²) in [5.41, 5.74) is 4.19. The van der Waals surface area contributed by atoms with Crippen molar-refractivity contribution >= 4 is 28.6 Å². The second kappa shape index (κ2) is 7.88. The van der Waals surface area contributed by atoms with Crippen molar-refractivity contribution in [2.24, 2.45) is 0 Å². The molecule has 1 aliphatic heterocycles. The first kappa shape index (κ1) is 18.8. The molecule has 6 nitrogen and oxygen atoms in total. The van der Waals surface area contributed by atoms with E-state index in [4.69, 9.17) is 21.4 Å². The molecule has 0 atom stereocenters. The molecule has 0 aliphatic carbocycles. The number of halogens is 1. The molecule has 1 saturated heterocycles. The molecule has 0 amide bonds. The van der Waals surface area contributed by atoms with E-state index in [2.05, 4.69) is 33.0 Å². The molecule has 0 radical (unpaired) electrons. The Morgan fingerprint density at radius 1 is 0.900 bits per heavy atom. The summed E-state index contributed by atoms with van der Waals surface area (Å²) < 4.78 is 7.17. The van der Waals surface area contributed by atoms with E-state index in [0.717, 1.165) is 59.5 Å². The Balaban J connectivity index is 1.37. The number of nitrogens with zero attached hydrogens (tertiary/aromatic N) is 5. The standard InChI is InChI=1S/C23H22ClN5O/c1-30-20-8-6-19(7-9-20)27-12-14-28(15-13-27)23-22-16-21(26-29(22)11-10-25-23)17-2-4-18(24)5-3-17/h2-11,16H,12-15H2,1H3. The van der Waals surface area contributed by atoms with Gasteiger partial charge in [-0.1, -0.05) is 23.7 Å². The summed E-state index contributed by atoms with van der Waals surface area (Å²) in [7, 11) is 1.69. The summed E-state index contributed by atoms with van der Waals surface area (Å²) in [6, 6.07) is 18.1. The number of aromatic nitrogens is 3. The summed E-state index contributed by atoms with van der Waals surface area (Å²) in [5, 5.41) is 5.45. The van der Waals surface area contributed by atoms with E-state index in [1.807, 2.05) is 53.3 Å². The van der Waals surface area contributed by atoms with Crippen LogP contribution in [-0.4, -0.2) is 47.9 Å². The fourth-order valence-corrected chi connectivity index (χ4v) is 4.01. The Morgan fingerprint density at radius 3 is 2.30 bits per heavy atom. The molecule has 3 heterocycles. The summed E-state index contributed by atoms with van der Waals surface area (Å²) >= 11 is 6.02. The number of fused-ring (bicyclic) bond motifs is 1. The molecule has 152 valence electrons. The smallest absolute Gasteiger partial charge is 0.154 e. The fourth-order valence-electron chi connectivity index (χ4n) is 3.88. The lowest BCUT2D eigenvalue weighted by Crippen LogP contribution is -2.47. The van der Waals surface area contributed by atoms with Gasteiger partial charge in [-0.25, -0.2) is 9.50 Å². The number of anilines is 2. The van der Waals surface area contributed by atoms with Crippen LogP contribution < -0.4 is 14.5 Å². The number of methoxy groups -OCH3 is 1. The van der Waals surface area contributed by atoms with Crippen molar-refractivity contribution in [3.8, 4) is 17.0 Å². The third-order valence-electron chi connectivity index (χ3n) is 5.53. The van der Waals surface area contributed by atoms with Crippen LogP contribution in [0.4, 0.5) is 11.5 Å². The van der Waals surface area contributed by atoms with Crippen molar-refractivity contribution < 1.29 is 4.74 Å². The fraction of sp³-hybridized carbons (Fsp3) is 0.217. The molecule has 30 heavy (non-hydrogen) atoms. The van der Waals surface area contributed by atoms with E-state index in [1.165, 1.54) is 5.69 Å². The third-order valence-corrected chi connectivity index (χ3v) is 5.78. The van der Waals surface area contributed by atoms with Crippen molar-refractivity contribution in [1.82, 2.24) is 14.6 Å².